The third-order valence-corrected chi connectivity index (χ3v) is 5.21. The molecule has 2 amide bonds. The summed E-state index contributed by atoms with van der Waals surface area (Å²) >= 11 is 0. The fourth-order valence-electron chi connectivity index (χ4n) is 2.48. The standard InChI is InChI=1S/C17H24N4O2S/c1-4-21-14(3)16(13(2)20-21)12-19-17(22)18-10-11-24(23)15-8-6-5-7-9-15/h5-9H,4,10-12H2,1-3H3,(H2,18,19,22)/t24-/m1/s1. The molecular weight excluding hydrogens is 324 g/mol. The van der Waals surface area contributed by atoms with E-state index >= 15 is 0 Å². The molecule has 0 aliphatic carbocycles. The Labute approximate surface area is 145 Å². The number of benzene rings is 1. The molecule has 0 spiro atoms. The van der Waals surface area contributed by atoms with Crippen LogP contribution >= 0.6 is 0 Å². The summed E-state index contributed by atoms with van der Waals surface area (Å²) in [6.07, 6.45) is 0. The second-order valence-electron chi connectivity index (χ2n) is 5.44. The van der Waals surface area contributed by atoms with Crippen molar-refractivity contribution in [3.8, 4) is 0 Å². The lowest BCUT2D eigenvalue weighted by Gasteiger charge is -2.08. The van der Waals surface area contributed by atoms with Gasteiger partial charge in [0.2, 0.25) is 0 Å². The van der Waals surface area contributed by atoms with Crippen LogP contribution in [-0.4, -0.2) is 32.3 Å². The molecule has 1 heterocycles. The minimum absolute atomic E-state index is 0.261. The summed E-state index contributed by atoms with van der Waals surface area (Å²) in [4.78, 5) is 12.7. The summed E-state index contributed by atoms with van der Waals surface area (Å²) in [6, 6.07) is 8.99. The number of aromatic nitrogens is 2. The number of nitrogens with zero attached hydrogens (tertiary/aromatic N) is 2. The second kappa shape index (κ2) is 8.63. The SMILES string of the molecule is CCn1nc(C)c(CNC(=O)NCC[S@@](=O)c2ccccc2)c1C. The molecule has 2 N–H and O–H groups in total. The van der Waals surface area contributed by atoms with Crippen molar-refractivity contribution >= 4 is 16.8 Å². The molecule has 7 heteroatoms. The van der Waals surface area contributed by atoms with Gasteiger partial charge in [-0.1, -0.05) is 18.2 Å². The van der Waals surface area contributed by atoms with Crippen LogP contribution in [0, 0.1) is 13.8 Å². The second-order valence-corrected chi connectivity index (χ2v) is 7.01. The van der Waals surface area contributed by atoms with Gasteiger partial charge >= 0.3 is 6.03 Å². The number of nitrogens with one attached hydrogen (secondary N) is 2. The van der Waals surface area contributed by atoms with Crippen LogP contribution < -0.4 is 10.6 Å². The Morgan fingerprint density at radius 2 is 1.92 bits per heavy atom. The van der Waals surface area contributed by atoms with Crippen LogP contribution in [0.2, 0.25) is 0 Å². The molecule has 1 aromatic carbocycles. The monoisotopic (exact) mass is 348 g/mol. The van der Waals surface area contributed by atoms with Crippen molar-refractivity contribution in [3.63, 3.8) is 0 Å². The lowest BCUT2D eigenvalue weighted by atomic mass is 10.2. The highest BCUT2D eigenvalue weighted by Crippen LogP contribution is 2.12. The molecule has 0 fully saturated rings. The third kappa shape index (κ3) is 4.67. The summed E-state index contributed by atoms with van der Waals surface area (Å²) in [5, 5.41) is 10.0. The van der Waals surface area contributed by atoms with E-state index in [1.165, 1.54) is 0 Å². The largest absolute Gasteiger partial charge is 0.337 e. The van der Waals surface area contributed by atoms with Gasteiger partial charge in [0.05, 0.1) is 16.5 Å². The van der Waals surface area contributed by atoms with Crippen LogP contribution in [-0.2, 0) is 23.9 Å². The molecule has 1 aromatic heterocycles. The molecule has 0 saturated carbocycles. The maximum Gasteiger partial charge on any atom is 0.315 e. The number of carbonyl (C=O) groups excluding carboxylic acids is 1. The van der Waals surface area contributed by atoms with Crippen LogP contribution in [0.5, 0.6) is 0 Å². The van der Waals surface area contributed by atoms with E-state index in [0.29, 0.717) is 18.8 Å². The molecule has 2 rings (SSSR count). The lowest BCUT2D eigenvalue weighted by Crippen LogP contribution is -2.37. The Bertz CT molecular complexity index is 713. The smallest absolute Gasteiger partial charge is 0.315 e. The Morgan fingerprint density at radius 1 is 1.21 bits per heavy atom. The first-order valence-electron chi connectivity index (χ1n) is 8.01. The van der Waals surface area contributed by atoms with E-state index in [0.717, 1.165) is 28.4 Å². The zero-order valence-corrected chi connectivity index (χ0v) is 15.2. The summed E-state index contributed by atoms with van der Waals surface area (Å²) in [7, 11) is -1.10. The fraction of sp³-hybridized carbons (Fsp3) is 0.412. The topological polar surface area (TPSA) is 76.0 Å². The molecule has 2 aromatic rings. The van der Waals surface area contributed by atoms with Gasteiger partial charge in [-0.25, -0.2) is 4.79 Å². The van der Waals surface area contributed by atoms with Gasteiger partial charge in [0, 0.05) is 41.5 Å². The van der Waals surface area contributed by atoms with Gasteiger partial charge in [-0.15, -0.1) is 0 Å². The average molecular weight is 348 g/mol. The Kier molecular flexibility index (Phi) is 6.54. The van der Waals surface area contributed by atoms with E-state index in [-0.39, 0.29) is 6.03 Å². The number of hydrogen-bond acceptors (Lipinski definition) is 3. The molecule has 0 aliphatic rings. The summed E-state index contributed by atoms with van der Waals surface area (Å²) in [5.41, 5.74) is 3.04. The van der Waals surface area contributed by atoms with Crippen molar-refractivity contribution in [3.05, 3.63) is 47.3 Å². The lowest BCUT2D eigenvalue weighted by molar-refractivity contribution is 0.241. The summed E-state index contributed by atoms with van der Waals surface area (Å²) in [5.74, 6) is 0.392. The van der Waals surface area contributed by atoms with Crippen LogP contribution in [0.4, 0.5) is 4.79 Å². The predicted molar refractivity (Wildman–Crippen MR) is 95.3 cm³/mol. The minimum Gasteiger partial charge on any atom is -0.337 e. The highest BCUT2D eigenvalue weighted by atomic mass is 32.2. The molecule has 0 radical (unpaired) electrons. The maximum atomic E-state index is 12.1. The van der Waals surface area contributed by atoms with E-state index in [4.69, 9.17) is 0 Å². The van der Waals surface area contributed by atoms with Crippen LogP contribution in [0.15, 0.2) is 35.2 Å². The van der Waals surface area contributed by atoms with Crippen molar-refractivity contribution in [2.45, 2.75) is 38.8 Å². The van der Waals surface area contributed by atoms with Crippen LogP contribution in [0.1, 0.15) is 23.9 Å². The van der Waals surface area contributed by atoms with Gasteiger partial charge in [0.1, 0.15) is 0 Å². The van der Waals surface area contributed by atoms with E-state index < -0.39 is 10.8 Å². The van der Waals surface area contributed by atoms with E-state index in [9.17, 15) is 9.00 Å². The average Bonchev–Trinajstić information content (AvgIpc) is 2.87. The number of aryl methyl sites for hydroxylation is 2. The van der Waals surface area contributed by atoms with Crippen molar-refractivity contribution < 1.29 is 9.00 Å². The molecular formula is C17H24N4O2S. The molecule has 0 unspecified atom stereocenters. The molecule has 6 nitrogen and oxygen atoms in total. The number of rotatable bonds is 7. The van der Waals surface area contributed by atoms with Crippen molar-refractivity contribution in [2.24, 2.45) is 0 Å². The normalized spacial score (nSPS) is 12.0. The Hall–Kier alpha value is -2.15. The molecule has 130 valence electrons. The van der Waals surface area contributed by atoms with Crippen molar-refractivity contribution in [1.29, 1.82) is 0 Å². The van der Waals surface area contributed by atoms with Gasteiger partial charge in [0.25, 0.3) is 0 Å². The number of urea groups is 1. The zero-order valence-electron chi connectivity index (χ0n) is 14.3. The maximum absolute atomic E-state index is 12.1. The number of amides is 2. The first kappa shape index (κ1) is 18.2. The Morgan fingerprint density at radius 3 is 2.54 bits per heavy atom. The molecule has 0 saturated heterocycles. The first-order valence-corrected chi connectivity index (χ1v) is 9.32. The number of carbonyl (C=O) groups is 1. The van der Waals surface area contributed by atoms with Gasteiger partial charge in [-0.2, -0.15) is 5.10 Å². The van der Waals surface area contributed by atoms with Crippen LogP contribution in [0.25, 0.3) is 0 Å². The molecule has 24 heavy (non-hydrogen) atoms. The van der Waals surface area contributed by atoms with Crippen LogP contribution in [0.3, 0.4) is 0 Å². The van der Waals surface area contributed by atoms with Gasteiger partial charge in [-0.3, -0.25) is 8.89 Å². The minimum atomic E-state index is -1.10. The molecule has 0 aliphatic heterocycles. The van der Waals surface area contributed by atoms with E-state index in [1.807, 2.05) is 55.8 Å². The fourth-order valence-corrected chi connectivity index (χ4v) is 3.46. The highest BCUT2D eigenvalue weighted by molar-refractivity contribution is 7.85. The van der Waals surface area contributed by atoms with Gasteiger partial charge in [-0.05, 0) is 32.9 Å². The van der Waals surface area contributed by atoms with E-state index in [1.54, 1.807) is 0 Å². The zero-order chi connectivity index (χ0) is 17.5. The third-order valence-electron chi connectivity index (χ3n) is 3.84. The van der Waals surface area contributed by atoms with Gasteiger partial charge < -0.3 is 10.6 Å². The van der Waals surface area contributed by atoms with Gasteiger partial charge in [0.15, 0.2) is 0 Å². The molecule has 0 bridgehead atoms. The van der Waals surface area contributed by atoms with Crippen molar-refractivity contribution in [1.82, 2.24) is 20.4 Å². The predicted octanol–water partition coefficient (Wildman–Crippen LogP) is 2.13. The quantitative estimate of drug-likeness (QED) is 0.805. The molecule has 1 atom stereocenters. The highest BCUT2D eigenvalue weighted by Gasteiger charge is 2.11. The Balaban J connectivity index is 1.76. The summed E-state index contributed by atoms with van der Waals surface area (Å²) < 4.78 is 14.0. The van der Waals surface area contributed by atoms with Crippen molar-refractivity contribution in [2.75, 3.05) is 12.3 Å². The number of hydrogen-bond donors (Lipinski definition) is 2. The summed E-state index contributed by atoms with van der Waals surface area (Å²) in [6.45, 7) is 7.59. The first-order chi connectivity index (χ1) is 11.5. The van der Waals surface area contributed by atoms with E-state index in [2.05, 4.69) is 15.7 Å².